The van der Waals surface area contributed by atoms with Crippen LogP contribution in [0.5, 0.6) is 0 Å². The predicted molar refractivity (Wildman–Crippen MR) is 87.3 cm³/mol. The Labute approximate surface area is 134 Å². The number of aryl methyl sites for hydroxylation is 2. The summed E-state index contributed by atoms with van der Waals surface area (Å²) < 4.78 is 2.48. The van der Waals surface area contributed by atoms with Gasteiger partial charge in [0.1, 0.15) is 11.9 Å². The minimum atomic E-state index is -0.443. The lowest BCUT2D eigenvalue weighted by atomic mass is 10.1. The van der Waals surface area contributed by atoms with Crippen LogP contribution < -0.4 is 5.32 Å². The number of nitro groups is 1. The van der Waals surface area contributed by atoms with Crippen molar-refractivity contribution in [1.82, 2.24) is 14.8 Å². The molecule has 112 valence electrons. The van der Waals surface area contributed by atoms with Crippen molar-refractivity contribution >= 4 is 43.9 Å². The van der Waals surface area contributed by atoms with Crippen LogP contribution in [0.4, 0.5) is 17.1 Å². The van der Waals surface area contributed by atoms with E-state index in [2.05, 4.69) is 31.3 Å². The molecule has 3 aromatic rings. The van der Waals surface area contributed by atoms with Crippen molar-refractivity contribution in [3.8, 4) is 0 Å². The van der Waals surface area contributed by atoms with E-state index in [9.17, 15) is 10.1 Å². The Morgan fingerprint density at radius 1 is 1.41 bits per heavy atom. The summed E-state index contributed by atoms with van der Waals surface area (Å²) in [6, 6.07) is 5.47. The maximum atomic E-state index is 11.3. The first-order valence-corrected chi connectivity index (χ1v) is 7.25. The molecule has 0 radical (unpaired) electrons. The second-order valence-electron chi connectivity index (χ2n) is 4.86. The van der Waals surface area contributed by atoms with Crippen LogP contribution in [0.1, 0.15) is 5.69 Å². The zero-order valence-corrected chi connectivity index (χ0v) is 13.5. The topological polar surface area (TPSA) is 85.9 Å². The average molecular weight is 362 g/mol. The van der Waals surface area contributed by atoms with Crippen molar-refractivity contribution in [3.63, 3.8) is 0 Å². The SMILES string of the molecule is Cc1nn(C)cc1Nc1c([N+](=O)[O-])cnc2ccc(Br)cc12. The van der Waals surface area contributed by atoms with Crippen molar-refractivity contribution in [2.75, 3.05) is 5.32 Å². The van der Waals surface area contributed by atoms with Crippen LogP contribution in [-0.2, 0) is 7.05 Å². The molecule has 0 aliphatic rings. The van der Waals surface area contributed by atoms with Gasteiger partial charge in [-0.1, -0.05) is 15.9 Å². The quantitative estimate of drug-likeness (QED) is 0.567. The first-order valence-electron chi connectivity index (χ1n) is 6.45. The molecule has 7 nitrogen and oxygen atoms in total. The van der Waals surface area contributed by atoms with Gasteiger partial charge in [-0.15, -0.1) is 0 Å². The molecule has 0 aliphatic carbocycles. The Morgan fingerprint density at radius 2 is 2.18 bits per heavy atom. The maximum Gasteiger partial charge on any atom is 0.311 e. The number of anilines is 2. The smallest absolute Gasteiger partial charge is 0.311 e. The second-order valence-corrected chi connectivity index (χ2v) is 5.78. The van der Waals surface area contributed by atoms with Crippen molar-refractivity contribution in [2.45, 2.75) is 6.92 Å². The summed E-state index contributed by atoms with van der Waals surface area (Å²) in [7, 11) is 1.80. The number of hydrogen-bond donors (Lipinski definition) is 1. The number of rotatable bonds is 3. The highest BCUT2D eigenvalue weighted by atomic mass is 79.9. The summed E-state index contributed by atoms with van der Waals surface area (Å²) >= 11 is 3.39. The predicted octanol–water partition coefficient (Wildman–Crippen LogP) is 3.69. The molecule has 0 saturated heterocycles. The van der Waals surface area contributed by atoms with Crippen LogP contribution in [0.15, 0.2) is 35.1 Å². The van der Waals surface area contributed by atoms with E-state index < -0.39 is 4.92 Å². The molecule has 1 N–H and O–H groups in total. The number of nitrogens with one attached hydrogen (secondary N) is 1. The third kappa shape index (κ3) is 2.52. The highest BCUT2D eigenvalue weighted by molar-refractivity contribution is 9.10. The Morgan fingerprint density at radius 3 is 2.82 bits per heavy atom. The summed E-state index contributed by atoms with van der Waals surface area (Å²) in [5.41, 5.74) is 2.49. The lowest BCUT2D eigenvalue weighted by Crippen LogP contribution is -2.00. The van der Waals surface area contributed by atoms with Crippen molar-refractivity contribution in [2.24, 2.45) is 7.05 Å². The number of benzene rings is 1. The van der Waals surface area contributed by atoms with Gasteiger partial charge in [0.2, 0.25) is 0 Å². The summed E-state index contributed by atoms with van der Waals surface area (Å²) in [6.45, 7) is 1.84. The molecule has 1 aromatic carbocycles. The van der Waals surface area contributed by atoms with Crippen molar-refractivity contribution in [1.29, 1.82) is 0 Å². The summed E-state index contributed by atoms with van der Waals surface area (Å²) in [6.07, 6.45) is 3.05. The third-order valence-corrected chi connectivity index (χ3v) is 3.77. The van der Waals surface area contributed by atoms with Crippen molar-refractivity contribution in [3.05, 3.63) is 50.9 Å². The number of hydrogen-bond acceptors (Lipinski definition) is 5. The van der Waals surface area contributed by atoms with E-state index in [0.29, 0.717) is 16.6 Å². The molecular weight excluding hydrogens is 350 g/mol. The Hall–Kier alpha value is -2.48. The Kier molecular flexibility index (Phi) is 3.53. The van der Waals surface area contributed by atoms with Crippen LogP contribution >= 0.6 is 15.9 Å². The van der Waals surface area contributed by atoms with Crippen molar-refractivity contribution < 1.29 is 4.92 Å². The van der Waals surface area contributed by atoms with E-state index in [1.807, 2.05) is 25.1 Å². The molecule has 2 heterocycles. The molecule has 22 heavy (non-hydrogen) atoms. The zero-order valence-electron chi connectivity index (χ0n) is 11.9. The van der Waals surface area contributed by atoms with Crippen LogP contribution in [0.25, 0.3) is 10.9 Å². The van der Waals surface area contributed by atoms with E-state index in [-0.39, 0.29) is 5.69 Å². The minimum absolute atomic E-state index is 0.0751. The molecule has 3 rings (SSSR count). The fourth-order valence-electron chi connectivity index (χ4n) is 2.28. The van der Waals surface area contributed by atoms with Gasteiger partial charge in [0, 0.05) is 23.1 Å². The number of aromatic nitrogens is 3. The second kappa shape index (κ2) is 5.38. The van der Waals surface area contributed by atoms with Gasteiger partial charge in [0.25, 0.3) is 0 Å². The highest BCUT2D eigenvalue weighted by Crippen LogP contribution is 2.35. The highest BCUT2D eigenvalue weighted by Gasteiger charge is 2.19. The van der Waals surface area contributed by atoms with Gasteiger partial charge in [-0.25, -0.2) is 4.98 Å². The molecule has 0 amide bonds. The fraction of sp³-hybridized carbons (Fsp3) is 0.143. The minimum Gasteiger partial charge on any atom is -0.347 e. The van der Waals surface area contributed by atoms with Crippen LogP contribution in [0.3, 0.4) is 0 Å². The molecule has 2 aromatic heterocycles. The number of fused-ring (bicyclic) bond motifs is 1. The van der Waals surface area contributed by atoms with Crippen LogP contribution in [0, 0.1) is 17.0 Å². The van der Waals surface area contributed by atoms with Gasteiger partial charge in [0.05, 0.1) is 21.8 Å². The monoisotopic (exact) mass is 361 g/mol. The fourth-order valence-corrected chi connectivity index (χ4v) is 2.64. The number of nitrogens with zero attached hydrogens (tertiary/aromatic N) is 4. The molecule has 8 heteroatoms. The number of pyridine rings is 1. The Bertz CT molecular complexity index is 890. The van der Waals surface area contributed by atoms with E-state index in [1.165, 1.54) is 6.20 Å². The van der Waals surface area contributed by atoms with Gasteiger partial charge in [-0.05, 0) is 25.1 Å². The van der Waals surface area contributed by atoms with Gasteiger partial charge < -0.3 is 5.32 Å². The lowest BCUT2D eigenvalue weighted by Gasteiger charge is -2.09. The Balaban J connectivity index is 2.24. The summed E-state index contributed by atoms with van der Waals surface area (Å²) in [4.78, 5) is 15.0. The average Bonchev–Trinajstić information content (AvgIpc) is 2.77. The maximum absolute atomic E-state index is 11.3. The van der Waals surface area contributed by atoms with E-state index in [1.54, 1.807) is 17.9 Å². The molecule has 0 aliphatic heterocycles. The molecular formula is C14H12BrN5O2. The summed E-state index contributed by atoms with van der Waals surface area (Å²) in [5, 5.41) is 19.4. The first kappa shape index (κ1) is 14.5. The van der Waals surface area contributed by atoms with E-state index >= 15 is 0 Å². The van der Waals surface area contributed by atoms with Gasteiger partial charge in [-0.3, -0.25) is 14.8 Å². The molecule has 0 bridgehead atoms. The standard InChI is InChI=1S/C14H12BrN5O2/c1-8-12(7-19(2)18-8)17-14-10-5-9(15)3-4-11(10)16-6-13(14)20(21)22/h3-7H,1-2H3,(H,16,17). The molecule has 0 fully saturated rings. The van der Waals surface area contributed by atoms with E-state index in [4.69, 9.17) is 0 Å². The van der Waals surface area contributed by atoms with Gasteiger partial charge in [0.15, 0.2) is 0 Å². The van der Waals surface area contributed by atoms with Gasteiger partial charge >= 0.3 is 5.69 Å². The lowest BCUT2D eigenvalue weighted by molar-refractivity contribution is -0.384. The summed E-state index contributed by atoms with van der Waals surface area (Å²) in [5.74, 6) is 0. The van der Waals surface area contributed by atoms with Crippen LogP contribution in [-0.4, -0.2) is 19.7 Å². The molecule has 0 unspecified atom stereocenters. The molecule has 0 spiro atoms. The third-order valence-electron chi connectivity index (χ3n) is 3.28. The first-order chi connectivity index (χ1) is 10.5. The zero-order chi connectivity index (χ0) is 15.9. The molecule has 0 atom stereocenters. The van der Waals surface area contributed by atoms with Gasteiger partial charge in [-0.2, -0.15) is 5.10 Å². The van der Waals surface area contributed by atoms with Crippen LogP contribution in [0.2, 0.25) is 0 Å². The normalized spacial score (nSPS) is 10.9. The largest absolute Gasteiger partial charge is 0.347 e. The molecule has 0 saturated carbocycles. The number of halogens is 1. The van der Waals surface area contributed by atoms with E-state index in [0.717, 1.165) is 15.9 Å².